The van der Waals surface area contributed by atoms with Crippen LogP contribution in [0.15, 0.2) is 12.7 Å². The Morgan fingerprint density at radius 1 is 1.47 bits per heavy atom. The zero-order valence-corrected chi connectivity index (χ0v) is 8.73. The Hall–Kier alpha value is -1.20. The number of carboxylic acid groups (broad SMARTS) is 1. The Kier molecular flexibility index (Phi) is 3.26. The first-order valence-corrected chi connectivity index (χ1v) is 4.58. The first-order chi connectivity index (χ1) is 6.85. The summed E-state index contributed by atoms with van der Waals surface area (Å²) in [5, 5.41) is 8.49. The summed E-state index contributed by atoms with van der Waals surface area (Å²) in [4.78, 5) is 21.9. The first kappa shape index (κ1) is 11.9. The van der Waals surface area contributed by atoms with Crippen molar-refractivity contribution < 1.29 is 24.2 Å². The minimum Gasteiger partial charge on any atom is -0.481 e. The molecule has 0 aromatic rings. The van der Waals surface area contributed by atoms with Gasteiger partial charge in [-0.3, -0.25) is 9.59 Å². The van der Waals surface area contributed by atoms with Crippen LogP contribution in [-0.4, -0.2) is 34.9 Å². The lowest BCUT2D eigenvalue weighted by molar-refractivity contribution is -0.156. The molecule has 0 spiro atoms. The fraction of sp³-hybridized carbons (Fsp3) is 0.600. The van der Waals surface area contributed by atoms with E-state index in [1.54, 1.807) is 13.8 Å². The summed E-state index contributed by atoms with van der Waals surface area (Å²) in [6.07, 6.45) is -0.561. The summed E-state index contributed by atoms with van der Waals surface area (Å²) in [7, 11) is 0. The number of Topliss-reactive ketones (excluding diaryl/α,β-unsaturated/α-hetero) is 1. The molecule has 0 amide bonds. The summed E-state index contributed by atoms with van der Waals surface area (Å²) in [5.41, 5.74) is 0. The molecule has 5 nitrogen and oxygen atoms in total. The SMILES string of the molecule is C=CC1OC(C)(C)OC1C(=O)CC(=O)O. The maximum Gasteiger partial charge on any atom is 0.310 e. The highest BCUT2D eigenvalue weighted by Gasteiger charge is 2.43. The molecule has 0 aromatic carbocycles. The van der Waals surface area contributed by atoms with Crippen LogP contribution in [0, 0.1) is 0 Å². The second kappa shape index (κ2) is 4.12. The van der Waals surface area contributed by atoms with Crippen molar-refractivity contribution in [1.82, 2.24) is 0 Å². The summed E-state index contributed by atoms with van der Waals surface area (Å²) in [5.74, 6) is -2.55. The van der Waals surface area contributed by atoms with E-state index in [1.165, 1.54) is 6.08 Å². The number of carbonyl (C=O) groups is 2. The zero-order valence-electron chi connectivity index (χ0n) is 8.73. The lowest BCUT2D eigenvalue weighted by atomic mass is 10.1. The van der Waals surface area contributed by atoms with Crippen LogP contribution in [0.3, 0.4) is 0 Å². The molecule has 1 rings (SSSR count). The van der Waals surface area contributed by atoms with Gasteiger partial charge in [-0.15, -0.1) is 6.58 Å². The Morgan fingerprint density at radius 2 is 2.07 bits per heavy atom. The lowest BCUT2D eigenvalue weighted by Crippen LogP contribution is -2.31. The van der Waals surface area contributed by atoms with Gasteiger partial charge in [-0.05, 0) is 13.8 Å². The van der Waals surface area contributed by atoms with E-state index in [0.29, 0.717) is 0 Å². The predicted molar refractivity (Wildman–Crippen MR) is 51.3 cm³/mol. The number of carboxylic acids is 1. The van der Waals surface area contributed by atoms with Crippen molar-refractivity contribution in [1.29, 1.82) is 0 Å². The largest absolute Gasteiger partial charge is 0.481 e. The summed E-state index contributed by atoms with van der Waals surface area (Å²) >= 11 is 0. The number of rotatable bonds is 4. The molecule has 1 aliphatic rings. The Morgan fingerprint density at radius 3 is 2.53 bits per heavy atom. The number of hydrogen-bond donors (Lipinski definition) is 1. The van der Waals surface area contributed by atoms with Crippen LogP contribution < -0.4 is 0 Å². The second-order valence-electron chi connectivity index (χ2n) is 3.79. The summed E-state index contributed by atoms with van der Waals surface area (Å²) in [6.45, 7) is 6.84. The van der Waals surface area contributed by atoms with Crippen molar-refractivity contribution in [3.05, 3.63) is 12.7 Å². The minimum absolute atomic E-state index is 0.502. The van der Waals surface area contributed by atoms with Crippen molar-refractivity contribution in [2.45, 2.75) is 38.3 Å². The van der Waals surface area contributed by atoms with Crippen molar-refractivity contribution in [3.8, 4) is 0 Å². The lowest BCUT2D eigenvalue weighted by Gasteiger charge is -2.15. The van der Waals surface area contributed by atoms with Crippen molar-refractivity contribution >= 4 is 11.8 Å². The van der Waals surface area contributed by atoms with E-state index < -0.39 is 36.2 Å². The predicted octanol–water partition coefficient (Wildman–Crippen LogP) is 0.736. The summed E-state index contributed by atoms with van der Waals surface area (Å²) < 4.78 is 10.7. The monoisotopic (exact) mass is 214 g/mol. The molecule has 1 heterocycles. The molecular weight excluding hydrogens is 200 g/mol. The maximum absolute atomic E-state index is 11.5. The number of ketones is 1. The van der Waals surface area contributed by atoms with Crippen LogP contribution >= 0.6 is 0 Å². The van der Waals surface area contributed by atoms with E-state index in [4.69, 9.17) is 14.6 Å². The standard InChI is InChI=1S/C10H14O5/c1-4-7-9(6(11)5-8(12)13)15-10(2,3)14-7/h4,7,9H,1,5H2,2-3H3,(H,12,13). The van der Waals surface area contributed by atoms with E-state index in [9.17, 15) is 9.59 Å². The molecule has 5 heteroatoms. The van der Waals surface area contributed by atoms with E-state index >= 15 is 0 Å². The van der Waals surface area contributed by atoms with Crippen molar-refractivity contribution in [2.75, 3.05) is 0 Å². The highest BCUT2D eigenvalue weighted by molar-refractivity contribution is 5.97. The van der Waals surface area contributed by atoms with Crippen LogP contribution in [0.25, 0.3) is 0 Å². The number of hydrogen-bond acceptors (Lipinski definition) is 4. The molecule has 0 saturated carbocycles. The Balaban J connectivity index is 2.72. The molecule has 0 aromatic heterocycles. The number of aliphatic carboxylic acids is 1. The molecule has 1 saturated heterocycles. The van der Waals surface area contributed by atoms with E-state index in [2.05, 4.69) is 6.58 Å². The smallest absolute Gasteiger partial charge is 0.310 e. The van der Waals surface area contributed by atoms with Crippen LogP contribution in [0.1, 0.15) is 20.3 Å². The average Bonchev–Trinajstić information content (AvgIpc) is 2.40. The van der Waals surface area contributed by atoms with Crippen LogP contribution in [0.2, 0.25) is 0 Å². The first-order valence-electron chi connectivity index (χ1n) is 4.58. The third-order valence-corrected chi connectivity index (χ3v) is 2.00. The van der Waals surface area contributed by atoms with Crippen LogP contribution in [0.5, 0.6) is 0 Å². The number of carbonyl (C=O) groups excluding carboxylic acids is 1. The zero-order chi connectivity index (χ0) is 11.6. The molecule has 84 valence electrons. The van der Waals surface area contributed by atoms with Gasteiger partial charge in [-0.2, -0.15) is 0 Å². The Labute approximate surface area is 87.7 Å². The second-order valence-corrected chi connectivity index (χ2v) is 3.79. The molecule has 15 heavy (non-hydrogen) atoms. The van der Waals surface area contributed by atoms with Crippen molar-refractivity contribution in [2.24, 2.45) is 0 Å². The van der Waals surface area contributed by atoms with Gasteiger partial charge < -0.3 is 14.6 Å². The van der Waals surface area contributed by atoms with Gasteiger partial charge in [0.25, 0.3) is 0 Å². The molecule has 2 atom stereocenters. The minimum atomic E-state index is -1.17. The van der Waals surface area contributed by atoms with Crippen LogP contribution in [0.4, 0.5) is 0 Å². The van der Waals surface area contributed by atoms with Crippen LogP contribution in [-0.2, 0) is 19.1 Å². The molecule has 2 unspecified atom stereocenters. The summed E-state index contributed by atoms with van der Waals surface area (Å²) in [6, 6.07) is 0. The fourth-order valence-corrected chi connectivity index (χ4v) is 1.46. The van der Waals surface area contributed by atoms with Gasteiger partial charge in [0.15, 0.2) is 11.6 Å². The van der Waals surface area contributed by atoms with Gasteiger partial charge in [0.05, 0.1) is 0 Å². The highest BCUT2D eigenvalue weighted by atomic mass is 16.8. The van der Waals surface area contributed by atoms with Gasteiger partial charge in [0.2, 0.25) is 0 Å². The van der Waals surface area contributed by atoms with E-state index in [0.717, 1.165) is 0 Å². The van der Waals surface area contributed by atoms with Gasteiger partial charge in [0.1, 0.15) is 18.6 Å². The average molecular weight is 214 g/mol. The molecule has 0 bridgehead atoms. The van der Waals surface area contributed by atoms with Gasteiger partial charge in [-0.1, -0.05) is 6.08 Å². The van der Waals surface area contributed by atoms with E-state index in [1.807, 2.05) is 0 Å². The highest BCUT2D eigenvalue weighted by Crippen LogP contribution is 2.29. The molecule has 1 fully saturated rings. The normalized spacial score (nSPS) is 28.7. The molecule has 1 N–H and O–H groups in total. The van der Waals surface area contributed by atoms with E-state index in [-0.39, 0.29) is 0 Å². The number of ether oxygens (including phenoxy) is 2. The Bertz CT molecular complexity index is 294. The molecule has 0 radical (unpaired) electrons. The van der Waals surface area contributed by atoms with Gasteiger partial charge in [-0.25, -0.2) is 0 Å². The topological polar surface area (TPSA) is 72.8 Å². The van der Waals surface area contributed by atoms with Gasteiger partial charge >= 0.3 is 5.97 Å². The maximum atomic E-state index is 11.5. The van der Waals surface area contributed by atoms with Crippen molar-refractivity contribution in [3.63, 3.8) is 0 Å². The third-order valence-electron chi connectivity index (χ3n) is 2.00. The molecule has 0 aliphatic carbocycles. The molecular formula is C10H14O5. The molecule has 1 aliphatic heterocycles. The third kappa shape index (κ3) is 2.87. The van der Waals surface area contributed by atoms with Gasteiger partial charge in [0, 0.05) is 0 Å². The fourth-order valence-electron chi connectivity index (χ4n) is 1.46. The quantitative estimate of drug-likeness (QED) is 0.552.